The molecular weight excluding hydrogens is 1400 g/mol. The van der Waals surface area contributed by atoms with Crippen LogP contribution in [0.25, 0.3) is 0 Å². The maximum absolute atomic E-state index is 13.1. The summed E-state index contributed by atoms with van der Waals surface area (Å²) in [5.41, 5.74) is 0. The zero-order valence-electron chi connectivity index (χ0n) is 66.7. The lowest BCUT2D eigenvalue weighted by atomic mass is 10.1. The van der Waals surface area contributed by atoms with Crippen molar-refractivity contribution in [2.24, 2.45) is 0 Å². The molecule has 0 aliphatic heterocycles. The number of phosphoric acid groups is 2. The van der Waals surface area contributed by atoms with Gasteiger partial charge in [-0.05, 0) is 180 Å². The van der Waals surface area contributed by atoms with Gasteiger partial charge in [-0.2, -0.15) is 0 Å². The SMILES string of the molecule is CC/C=C\C/C=C\C/C=C\C/C=C\C/C=C\CCCCCC(=O)OCC(COP(=O)(O)OCC(O)COP(=O)(O)OCC(COC(=O)CCC/C=C\C/C=C\C/C=C\C/C=C\C/C=C\CC)OC(=O)CCCCCCC/C=C\C/C=C\CCCCC)OC(=O)CCCCCC/C=C\C/C=C\C/C=C\C/C=C\CC. The van der Waals surface area contributed by atoms with E-state index >= 15 is 0 Å². The molecule has 0 amide bonds. The van der Waals surface area contributed by atoms with E-state index in [0.717, 1.165) is 180 Å². The number of phosphoric ester groups is 2. The second-order valence-electron chi connectivity index (χ2n) is 26.2. The minimum Gasteiger partial charge on any atom is -0.462 e. The van der Waals surface area contributed by atoms with Crippen LogP contribution in [0.15, 0.2) is 194 Å². The number of carbonyl (C=O) groups excluding carboxylic acids is 4. The Morgan fingerprint density at radius 2 is 0.491 bits per heavy atom. The van der Waals surface area contributed by atoms with Gasteiger partial charge in [0.15, 0.2) is 12.2 Å². The fourth-order valence-electron chi connectivity index (χ4n) is 9.95. The third kappa shape index (κ3) is 78.0. The van der Waals surface area contributed by atoms with Gasteiger partial charge in [-0.1, -0.05) is 273 Å². The van der Waals surface area contributed by atoms with Crippen molar-refractivity contribution in [3.8, 4) is 0 Å². The molecule has 17 nitrogen and oxygen atoms in total. The van der Waals surface area contributed by atoms with E-state index in [1.54, 1.807) is 0 Å². The fraction of sp³-hybridized carbons (Fsp3) is 0.596. The third-order valence-corrected chi connectivity index (χ3v) is 17.9. The van der Waals surface area contributed by atoms with E-state index in [9.17, 15) is 43.2 Å². The van der Waals surface area contributed by atoms with Crippen LogP contribution in [0.3, 0.4) is 0 Å². The summed E-state index contributed by atoms with van der Waals surface area (Å²) in [7, 11) is -10.0. The van der Waals surface area contributed by atoms with Crippen molar-refractivity contribution < 1.29 is 80.2 Å². The molecule has 0 aromatic carbocycles. The maximum Gasteiger partial charge on any atom is 0.472 e. The minimum absolute atomic E-state index is 0.0495. The fourth-order valence-corrected chi connectivity index (χ4v) is 11.5. The highest BCUT2D eigenvalue weighted by molar-refractivity contribution is 7.47. The largest absolute Gasteiger partial charge is 0.472 e. The zero-order valence-corrected chi connectivity index (χ0v) is 68.5. The first-order chi connectivity index (χ1) is 52.7. The Bertz CT molecular complexity index is 2810. The Morgan fingerprint density at radius 1 is 0.269 bits per heavy atom. The number of aliphatic hydroxyl groups is 1. The molecule has 0 saturated heterocycles. The highest BCUT2D eigenvalue weighted by Gasteiger charge is 2.30. The van der Waals surface area contributed by atoms with Crippen LogP contribution in [0.1, 0.15) is 285 Å². The number of aliphatic hydroxyl groups excluding tert-OH is 1. The number of hydrogen-bond acceptors (Lipinski definition) is 15. The summed E-state index contributed by atoms with van der Waals surface area (Å²) in [6, 6.07) is 0. The van der Waals surface area contributed by atoms with Crippen LogP contribution in [-0.4, -0.2) is 96.7 Å². The molecule has 0 spiro atoms. The molecule has 0 aromatic rings. The van der Waals surface area contributed by atoms with E-state index in [0.29, 0.717) is 32.1 Å². The summed E-state index contributed by atoms with van der Waals surface area (Å²) in [4.78, 5) is 73.1. The van der Waals surface area contributed by atoms with Crippen LogP contribution < -0.4 is 0 Å². The second-order valence-corrected chi connectivity index (χ2v) is 29.1. The summed E-state index contributed by atoms with van der Waals surface area (Å²) in [6.07, 6.45) is 96.9. The van der Waals surface area contributed by atoms with Gasteiger partial charge in [0.25, 0.3) is 0 Å². The van der Waals surface area contributed by atoms with E-state index in [-0.39, 0.29) is 25.7 Å². The number of ether oxygens (including phenoxy) is 4. The summed E-state index contributed by atoms with van der Waals surface area (Å²) in [5, 5.41) is 10.7. The number of esters is 4. The molecule has 5 atom stereocenters. The van der Waals surface area contributed by atoms with Gasteiger partial charge in [-0.15, -0.1) is 0 Å². The van der Waals surface area contributed by atoms with Crippen molar-refractivity contribution >= 4 is 39.5 Å². The van der Waals surface area contributed by atoms with E-state index in [4.69, 9.17) is 37.0 Å². The zero-order chi connectivity index (χ0) is 78.9. The van der Waals surface area contributed by atoms with Crippen molar-refractivity contribution in [1.82, 2.24) is 0 Å². The lowest BCUT2D eigenvalue weighted by molar-refractivity contribution is -0.161. The number of allylic oxidation sites excluding steroid dienone is 32. The maximum atomic E-state index is 13.1. The van der Waals surface area contributed by atoms with Gasteiger partial charge in [0.2, 0.25) is 0 Å². The molecule has 5 unspecified atom stereocenters. The summed E-state index contributed by atoms with van der Waals surface area (Å²) in [6.45, 7) is 4.34. The molecule has 19 heteroatoms. The first kappa shape index (κ1) is 102. The van der Waals surface area contributed by atoms with Crippen molar-refractivity contribution in [1.29, 1.82) is 0 Å². The Balaban J connectivity index is 5.51. The first-order valence-corrected chi connectivity index (χ1v) is 43.7. The van der Waals surface area contributed by atoms with E-state index in [2.05, 4.69) is 210 Å². The number of rotatable bonds is 74. The first-order valence-electron chi connectivity index (χ1n) is 40.7. The molecule has 0 bridgehead atoms. The number of hydrogen-bond donors (Lipinski definition) is 3. The smallest absolute Gasteiger partial charge is 0.462 e. The monoisotopic (exact) mass is 1540 g/mol. The standard InChI is InChI=1S/C89H142O17P2/c1-5-9-13-17-21-25-29-33-37-40-41-44-47-50-54-58-62-66-70-74-87(92)100-80-85(106-89(94)76-72-68-64-60-56-52-48-43-39-35-31-27-23-19-15-11-7-3)82-104-108(97,98)102-78-83(90)77-101-107(95,96)103-81-84(105-88(93)75-71-67-63-59-55-51-45-36-32-28-24-20-16-12-8-4)79-99-86(91)73-69-65-61-57-53-49-46-42-38-34-30-26-22-18-14-10-6-2/h9-11,13-15,21-28,33-39,41,44-46,48-50,52,54,57,61,83-85,90H,5-8,12,16-20,29-32,40,42-43,47,51,53,55-56,58-60,62-82H2,1-4H3,(H,95,96)(H,97,98)/b13-9-,14-10-,15-11-,25-21-,26-22-,27-23-,28-24-,37-33-,38-34-,39-35-,44-41-,45-36-,49-46-,52-48-,54-50-,61-57-. The average molecular weight is 1550 g/mol. The van der Waals surface area contributed by atoms with Gasteiger partial charge >= 0.3 is 39.5 Å². The lowest BCUT2D eigenvalue weighted by Crippen LogP contribution is -2.30. The van der Waals surface area contributed by atoms with Crippen LogP contribution in [0, 0.1) is 0 Å². The highest BCUT2D eigenvalue weighted by atomic mass is 31.2. The molecule has 108 heavy (non-hydrogen) atoms. The number of carbonyl (C=O) groups is 4. The molecule has 0 saturated carbocycles. The average Bonchev–Trinajstić information content (AvgIpc) is 0.906. The summed E-state index contributed by atoms with van der Waals surface area (Å²) in [5.74, 6) is -2.34. The van der Waals surface area contributed by atoms with Crippen molar-refractivity contribution in [3.63, 3.8) is 0 Å². The summed E-state index contributed by atoms with van der Waals surface area (Å²) >= 11 is 0. The molecular formula is C89H142O17P2. The van der Waals surface area contributed by atoms with Gasteiger partial charge in [0.1, 0.15) is 19.3 Å². The highest BCUT2D eigenvalue weighted by Crippen LogP contribution is 2.45. The minimum atomic E-state index is -5.01. The Labute approximate surface area is 653 Å². The normalized spacial score (nSPS) is 14.8. The Kier molecular flexibility index (Phi) is 74.5. The molecule has 0 fully saturated rings. The summed E-state index contributed by atoms with van der Waals surface area (Å²) < 4.78 is 68.6. The van der Waals surface area contributed by atoms with Crippen molar-refractivity contribution in [2.45, 2.75) is 303 Å². The van der Waals surface area contributed by atoms with Gasteiger partial charge in [0.05, 0.1) is 26.4 Å². The third-order valence-electron chi connectivity index (χ3n) is 16.0. The molecule has 3 N–H and O–H groups in total. The predicted molar refractivity (Wildman–Crippen MR) is 445 cm³/mol. The van der Waals surface area contributed by atoms with Crippen molar-refractivity contribution in [3.05, 3.63) is 194 Å². The molecule has 0 aliphatic rings. The van der Waals surface area contributed by atoms with Gasteiger partial charge in [0, 0.05) is 25.7 Å². The van der Waals surface area contributed by atoms with E-state index in [1.807, 2.05) is 12.2 Å². The molecule has 610 valence electrons. The van der Waals surface area contributed by atoms with E-state index in [1.165, 1.54) is 19.3 Å². The predicted octanol–water partition coefficient (Wildman–Crippen LogP) is 24.1. The van der Waals surface area contributed by atoms with Crippen molar-refractivity contribution in [2.75, 3.05) is 39.6 Å². The van der Waals surface area contributed by atoms with Crippen LogP contribution >= 0.6 is 15.6 Å². The second kappa shape index (κ2) is 79.0. The van der Waals surface area contributed by atoms with E-state index < -0.39 is 97.5 Å². The van der Waals surface area contributed by atoms with Crippen LogP contribution in [0.2, 0.25) is 0 Å². The quantitative estimate of drug-likeness (QED) is 0.0169. The molecule has 0 aliphatic carbocycles. The van der Waals surface area contributed by atoms with Gasteiger partial charge in [-0.3, -0.25) is 37.3 Å². The molecule has 0 aromatic heterocycles. The Morgan fingerprint density at radius 3 is 0.787 bits per heavy atom. The van der Waals surface area contributed by atoms with Gasteiger partial charge < -0.3 is 33.8 Å². The molecule has 0 heterocycles. The van der Waals surface area contributed by atoms with Crippen LogP contribution in [-0.2, 0) is 65.4 Å². The molecule has 0 rings (SSSR count). The topological polar surface area (TPSA) is 237 Å². The van der Waals surface area contributed by atoms with Crippen LogP contribution in [0.4, 0.5) is 0 Å². The Hall–Kier alpha value is -6.10. The van der Waals surface area contributed by atoms with Gasteiger partial charge in [-0.25, -0.2) is 9.13 Å². The van der Waals surface area contributed by atoms with Crippen LogP contribution in [0.5, 0.6) is 0 Å². The molecule has 0 radical (unpaired) electrons. The number of unbranched alkanes of at least 4 members (excludes halogenated alkanes) is 16. The lowest BCUT2D eigenvalue weighted by Gasteiger charge is -2.21.